The lowest BCUT2D eigenvalue weighted by Crippen LogP contribution is -2.18. The molecule has 0 radical (unpaired) electrons. The Balaban J connectivity index is 1.59. The predicted molar refractivity (Wildman–Crippen MR) is 138 cm³/mol. The normalized spacial score (nSPS) is 14.4. The van der Waals surface area contributed by atoms with Crippen LogP contribution in [0.3, 0.4) is 0 Å². The molecule has 1 atom stereocenters. The highest BCUT2D eigenvalue weighted by atomic mass is 32.2. The lowest BCUT2D eigenvalue weighted by Gasteiger charge is -2.30. The van der Waals surface area contributed by atoms with Crippen LogP contribution in [0.25, 0.3) is 11.1 Å². The Labute approximate surface area is 212 Å². The summed E-state index contributed by atoms with van der Waals surface area (Å²) >= 11 is 0. The van der Waals surface area contributed by atoms with Crippen molar-refractivity contribution in [2.24, 2.45) is 5.14 Å². The van der Waals surface area contributed by atoms with Crippen LogP contribution in [0.1, 0.15) is 54.0 Å². The predicted octanol–water partition coefficient (Wildman–Crippen LogP) is 4.91. The van der Waals surface area contributed by atoms with Gasteiger partial charge in [-0.25, -0.2) is 13.6 Å². The number of rotatable bonds is 10. The first-order chi connectivity index (χ1) is 17.3. The zero-order valence-electron chi connectivity index (χ0n) is 20.5. The van der Waals surface area contributed by atoms with Gasteiger partial charge in [-0.3, -0.25) is 4.79 Å². The SMILES string of the molecule is COC(=O)CCCCCc1ccc(C2Oc3cccc(OC)c3-c3ccc(CS(N)(=O)=O)cc32)cc1. The number of hydrogen-bond acceptors (Lipinski definition) is 6. The van der Waals surface area contributed by atoms with Gasteiger partial charge in [0.1, 0.15) is 17.6 Å². The molecule has 2 N–H and O–H groups in total. The van der Waals surface area contributed by atoms with E-state index in [-0.39, 0.29) is 11.7 Å². The van der Waals surface area contributed by atoms with Gasteiger partial charge >= 0.3 is 5.97 Å². The van der Waals surface area contributed by atoms with Crippen molar-refractivity contribution in [2.45, 2.75) is 44.0 Å². The number of benzene rings is 3. The van der Waals surface area contributed by atoms with E-state index in [0.29, 0.717) is 23.5 Å². The largest absolute Gasteiger partial charge is 0.496 e. The minimum absolute atomic E-state index is 0.168. The topological polar surface area (TPSA) is 105 Å². The molecule has 3 aromatic rings. The summed E-state index contributed by atoms with van der Waals surface area (Å²) in [7, 11) is -0.648. The summed E-state index contributed by atoms with van der Waals surface area (Å²) in [6, 6.07) is 19.5. The average molecular weight is 510 g/mol. The molecule has 1 aliphatic rings. The number of aryl methyl sites for hydroxylation is 1. The maximum Gasteiger partial charge on any atom is 0.305 e. The number of ether oxygens (including phenoxy) is 3. The van der Waals surface area contributed by atoms with Crippen LogP contribution in [0.15, 0.2) is 60.7 Å². The third-order valence-corrected chi connectivity index (χ3v) is 7.08. The number of unbranched alkanes of at least 4 members (excludes halogenated alkanes) is 2. The van der Waals surface area contributed by atoms with Gasteiger partial charge in [0.15, 0.2) is 0 Å². The monoisotopic (exact) mass is 509 g/mol. The molecule has 0 aromatic heterocycles. The number of nitrogens with two attached hydrogens (primary N) is 1. The van der Waals surface area contributed by atoms with Gasteiger partial charge < -0.3 is 14.2 Å². The maximum absolute atomic E-state index is 11.7. The highest BCUT2D eigenvalue weighted by Crippen LogP contribution is 2.49. The number of carbonyl (C=O) groups is 1. The lowest BCUT2D eigenvalue weighted by molar-refractivity contribution is -0.140. The lowest BCUT2D eigenvalue weighted by atomic mass is 9.87. The second-order valence-electron chi connectivity index (χ2n) is 8.94. The maximum atomic E-state index is 11.7. The number of carbonyl (C=O) groups excluding carboxylic acids is 1. The van der Waals surface area contributed by atoms with Crippen LogP contribution in [0.2, 0.25) is 0 Å². The fourth-order valence-corrected chi connectivity index (χ4v) is 5.24. The van der Waals surface area contributed by atoms with Crippen LogP contribution in [0, 0.1) is 0 Å². The van der Waals surface area contributed by atoms with Crippen molar-refractivity contribution in [1.29, 1.82) is 0 Å². The number of esters is 1. The first kappa shape index (κ1) is 25.7. The molecular weight excluding hydrogens is 478 g/mol. The van der Waals surface area contributed by atoms with Crippen LogP contribution in [0.4, 0.5) is 0 Å². The standard InChI is InChI=1S/C28H31NO6S/c1-33-24-8-6-9-25-27(24)22-16-13-20(18-36(29,31)32)17-23(22)28(35-25)21-14-11-19(12-15-21)7-4-3-5-10-26(30)34-2/h6,8-9,11-17,28H,3-5,7,10,18H2,1-2H3,(H2,29,31,32). The van der Waals surface area contributed by atoms with Crippen molar-refractivity contribution < 1.29 is 27.4 Å². The van der Waals surface area contributed by atoms with E-state index in [1.165, 1.54) is 12.7 Å². The van der Waals surface area contributed by atoms with Gasteiger partial charge in [-0.05, 0) is 53.6 Å². The molecule has 190 valence electrons. The number of fused-ring (bicyclic) bond motifs is 3. The van der Waals surface area contributed by atoms with Crippen molar-refractivity contribution in [2.75, 3.05) is 14.2 Å². The summed E-state index contributed by atoms with van der Waals surface area (Å²) in [5.74, 6) is 0.981. The molecule has 0 saturated heterocycles. The Morgan fingerprint density at radius 3 is 2.42 bits per heavy atom. The van der Waals surface area contributed by atoms with E-state index < -0.39 is 16.1 Å². The summed E-state index contributed by atoms with van der Waals surface area (Å²) < 4.78 is 40.2. The molecule has 3 aromatic carbocycles. The van der Waals surface area contributed by atoms with Gasteiger partial charge in [-0.2, -0.15) is 0 Å². The van der Waals surface area contributed by atoms with Gasteiger partial charge in [0.05, 0.1) is 25.5 Å². The van der Waals surface area contributed by atoms with Gasteiger partial charge in [-0.15, -0.1) is 0 Å². The number of hydrogen-bond donors (Lipinski definition) is 1. The number of primary sulfonamides is 1. The average Bonchev–Trinajstić information content (AvgIpc) is 2.86. The second kappa shape index (κ2) is 11.1. The Kier molecular flexibility index (Phi) is 7.96. The molecule has 0 amide bonds. The fraction of sp³-hybridized carbons (Fsp3) is 0.321. The molecule has 1 heterocycles. The Morgan fingerprint density at radius 1 is 0.972 bits per heavy atom. The van der Waals surface area contributed by atoms with Crippen LogP contribution in [-0.2, 0) is 31.7 Å². The molecule has 36 heavy (non-hydrogen) atoms. The summed E-state index contributed by atoms with van der Waals surface area (Å²) in [5.41, 5.74) is 5.42. The van der Waals surface area contributed by atoms with E-state index >= 15 is 0 Å². The van der Waals surface area contributed by atoms with Crippen LogP contribution in [-0.4, -0.2) is 28.6 Å². The van der Waals surface area contributed by atoms with Crippen molar-refractivity contribution >= 4 is 16.0 Å². The third kappa shape index (κ3) is 6.06. The van der Waals surface area contributed by atoms with Crippen molar-refractivity contribution in [3.63, 3.8) is 0 Å². The zero-order chi connectivity index (χ0) is 25.7. The number of sulfonamides is 1. The van der Waals surface area contributed by atoms with Crippen LogP contribution < -0.4 is 14.6 Å². The van der Waals surface area contributed by atoms with E-state index in [2.05, 4.69) is 29.0 Å². The summed E-state index contributed by atoms with van der Waals surface area (Å²) in [6.45, 7) is 0. The van der Waals surface area contributed by atoms with Crippen molar-refractivity contribution in [1.82, 2.24) is 0 Å². The fourth-order valence-electron chi connectivity index (χ4n) is 4.60. The Morgan fingerprint density at radius 2 is 1.72 bits per heavy atom. The molecular formula is C28H31NO6S. The van der Waals surface area contributed by atoms with Gasteiger partial charge in [0, 0.05) is 12.0 Å². The smallest absolute Gasteiger partial charge is 0.305 e. The van der Waals surface area contributed by atoms with Gasteiger partial charge in [0.25, 0.3) is 0 Å². The molecule has 4 rings (SSSR count). The molecule has 7 nitrogen and oxygen atoms in total. The first-order valence-corrected chi connectivity index (χ1v) is 13.6. The van der Waals surface area contributed by atoms with E-state index in [4.69, 9.17) is 14.6 Å². The highest BCUT2D eigenvalue weighted by molar-refractivity contribution is 7.88. The molecule has 0 bridgehead atoms. The molecule has 0 saturated carbocycles. The summed E-state index contributed by atoms with van der Waals surface area (Å²) in [6.07, 6.45) is 3.73. The Bertz CT molecular complexity index is 1330. The molecule has 1 unspecified atom stereocenters. The van der Waals surface area contributed by atoms with E-state index in [9.17, 15) is 13.2 Å². The second-order valence-corrected chi connectivity index (χ2v) is 10.6. The summed E-state index contributed by atoms with van der Waals surface area (Å²) in [5, 5.41) is 5.31. The van der Waals surface area contributed by atoms with E-state index in [0.717, 1.165) is 47.9 Å². The Hall–Kier alpha value is -3.36. The minimum atomic E-state index is -3.68. The quantitative estimate of drug-likeness (QED) is 0.308. The van der Waals surface area contributed by atoms with E-state index in [1.54, 1.807) is 13.2 Å². The molecule has 1 aliphatic heterocycles. The third-order valence-electron chi connectivity index (χ3n) is 6.34. The van der Waals surface area contributed by atoms with Gasteiger partial charge in [0.2, 0.25) is 10.0 Å². The van der Waals surface area contributed by atoms with Crippen molar-refractivity contribution in [3.8, 4) is 22.6 Å². The van der Waals surface area contributed by atoms with Crippen molar-refractivity contribution in [3.05, 3.63) is 82.9 Å². The highest BCUT2D eigenvalue weighted by Gasteiger charge is 2.30. The first-order valence-electron chi connectivity index (χ1n) is 11.9. The van der Waals surface area contributed by atoms with E-state index in [1.807, 2.05) is 30.3 Å². The molecule has 0 aliphatic carbocycles. The van der Waals surface area contributed by atoms with Gasteiger partial charge in [-0.1, -0.05) is 55.0 Å². The minimum Gasteiger partial charge on any atom is -0.496 e. The number of methoxy groups -OCH3 is 2. The molecule has 0 spiro atoms. The summed E-state index contributed by atoms with van der Waals surface area (Å²) in [4.78, 5) is 11.2. The molecule has 8 heteroatoms. The molecule has 0 fully saturated rings. The zero-order valence-corrected chi connectivity index (χ0v) is 21.3. The van der Waals surface area contributed by atoms with Crippen LogP contribution >= 0.6 is 0 Å². The van der Waals surface area contributed by atoms with Crippen LogP contribution in [0.5, 0.6) is 11.5 Å².